The van der Waals surface area contributed by atoms with Gasteiger partial charge in [0, 0.05) is 5.41 Å². The van der Waals surface area contributed by atoms with Gasteiger partial charge in [0.05, 0.1) is 4.87 Å². The molecule has 0 radical (unpaired) electrons. The molecule has 0 spiro atoms. The summed E-state index contributed by atoms with van der Waals surface area (Å²) in [6, 6.07) is 0. The van der Waals surface area contributed by atoms with Crippen molar-refractivity contribution in [2.75, 3.05) is 0 Å². The number of rotatable bonds is 2. The fourth-order valence-electron chi connectivity index (χ4n) is 0.140. The Hall–Kier alpha value is -0.0400. The van der Waals surface area contributed by atoms with Crippen molar-refractivity contribution in [3.8, 4) is 0 Å². The van der Waals surface area contributed by atoms with Gasteiger partial charge in [0.2, 0.25) is 0 Å². The first kappa shape index (κ1) is 8.96. The lowest BCUT2D eigenvalue weighted by atomic mass is 9.82. The van der Waals surface area contributed by atoms with E-state index in [-0.39, 0.29) is 0 Å². The van der Waals surface area contributed by atoms with Gasteiger partial charge in [-0.05, 0) is 13.8 Å². The SMILES string of the molecule is CC(C)(Cl)C(C)(C)C=O. The Kier molecular flexibility index (Phi) is 2.29. The van der Waals surface area contributed by atoms with Crippen molar-refractivity contribution in [3.63, 3.8) is 0 Å². The summed E-state index contributed by atoms with van der Waals surface area (Å²) in [6.45, 7) is 7.33. The van der Waals surface area contributed by atoms with Crippen molar-refractivity contribution in [1.82, 2.24) is 0 Å². The van der Waals surface area contributed by atoms with Crippen molar-refractivity contribution in [2.45, 2.75) is 32.6 Å². The topological polar surface area (TPSA) is 17.1 Å². The lowest BCUT2D eigenvalue weighted by Crippen LogP contribution is -2.34. The van der Waals surface area contributed by atoms with E-state index < -0.39 is 10.3 Å². The highest BCUT2D eigenvalue weighted by atomic mass is 35.5. The second-order valence-corrected chi connectivity index (χ2v) is 4.26. The zero-order valence-electron chi connectivity index (χ0n) is 6.36. The molecule has 0 aliphatic heterocycles. The van der Waals surface area contributed by atoms with Crippen LogP contribution in [0.25, 0.3) is 0 Å². The molecular weight excluding hydrogens is 136 g/mol. The fourth-order valence-corrected chi connectivity index (χ4v) is 0.185. The largest absolute Gasteiger partial charge is 0.303 e. The molecule has 0 aromatic carbocycles. The van der Waals surface area contributed by atoms with Crippen molar-refractivity contribution >= 4 is 17.9 Å². The molecule has 0 atom stereocenters. The lowest BCUT2D eigenvalue weighted by Gasteiger charge is -2.30. The number of hydrogen-bond donors (Lipinski definition) is 0. The van der Waals surface area contributed by atoms with E-state index in [1.807, 2.05) is 27.7 Å². The predicted molar refractivity (Wildman–Crippen MR) is 39.8 cm³/mol. The number of carbonyl (C=O) groups is 1. The predicted octanol–water partition coefficient (Wildman–Crippen LogP) is 2.23. The summed E-state index contributed by atoms with van der Waals surface area (Å²) < 4.78 is 0. The van der Waals surface area contributed by atoms with Crippen LogP contribution in [0.4, 0.5) is 0 Å². The van der Waals surface area contributed by atoms with Crippen LogP contribution >= 0.6 is 11.6 Å². The summed E-state index contributed by atoms with van der Waals surface area (Å²) in [5.41, 5.74) is -0.436. The summed E-state index contributed by atoms with van der Waals surface area (Å²) in [5, 5.41) is 0. The molecular formula is C7H13ClO. The average molecular weight is 149 g/mol. The Balaban J connectivity index is 4.32. The van der Waals surface area contributed by atoms with Crippen LogP contribution in [0.5, 0.6) is 0 Å². The Morgan fingerprint density at radius 1 is 1.22 bits per heavy atom. The van der Waals surface area contributed by atoms with Gasteiger partial charge in [-0.25, -0.2) is 0 Å². The van der Waals surface area contributed by atoms with Gasteiger partial charge in [0.25, 0.3) is 0 Å². The van der Waals surface area contributed by atoms with E-state index in [2.05, 4.69) is 0 Å². The first-order chi connectivity index (χ1) is 3.81. The number of halogens is 1. The highest BCUT2D eigenvalue weighted by Crippen LogP contribution is 2.33. The molecule has 0 rings (SSSR count). The molecule has 0 heterocycles. The quantitative estimate of drug-likeness (QED) is 0.434. The molecule has 0 bridgehead atoms. The molecule has 0 aromatic rings. The van der Waals surface area contributed by atoms with Gasteiger partial charge in [-0.2, -0.15) is 0 Å². The van der Waals surface area contributed by atoms with E-state index in [1.165, 1.54) is 0 Å². The number of aldehydes is 1. The molecule has 1 nitrogen and oxygen atoms in total. The number of hydrogen-bond acceptors (Lipinski definition) is 1. The Morgan fingerprint density at radius 3 is 1.56 bits per heavy atom. The van der Waals surface area contributed by atoms with Crippen LogP contribution < -0.4 is 0 Å². The highest BCUT2D eigenvalue weighted by Gasteiger charge is 2.34. The summed E-state index contributed by atoms with van der Waals surface area (Å²) in [7, 11) is 0. The summed E-state index contributed by atoms with van der Waals surface area (Å²) in [5.74, 6) is 0. The van der Waals surface area contributed by atoms with Gasteiger partial charge in [-0.1, -0.05) is 13.8 Å². The fraction of sp³-hybridized carbons (Fsp3) is 0.857. The van der Waals surface area contributed by atoms with Crippen molar-refractivity contribution < 1.29 is 4.79 Å². The van der Waals surface area contributed by atoms with Crippen LogP contribution in [-0.2, 0) is 4.79 Å². The third kappa shape index (κ3) is 1.98. The minimum atomic E-state index is -0.450. The second-order valence-electron chi connectivity index (χ2n) is 3.31. The van der Waals surface area contributed by atoms with E-state index >= 15 is 0 Å². The zero-order chi connectivity index (χ0) is 7.71. The maximum atomic E-state index is 10.4. The summed E-state index contributed by atoms with van der Waals surface area (Å²) >= 11 is 5.89. The van der Waals surface area contributed by atoms with Crippen molar-refractivity contribution in [2.24, 2.45) is 5.41 Å². The minimum absolute atomic E-state index is 0.436. The first-order valence-electron chi connectivity index (χ1n) is 2.96. The lowest BCUT2D eigenvalue weighted by molar-refractivity contribution is -0.115. The maximum Gasteiger partial charge on any atom is 0.127 e. The smallest absolute Gasteiger partial charge is 0.127 e. The van der Waals surface area contributed by atoms with E-state index in [0.717, 1.165) is 6.29 Å². The molecule has 0 aromatic heterocycles. The van der Waals surface area contributed by atoms with Crippen LogP contribution in [0.15, 0.2) is 0 Å². The second kappa shape index (κ2) is 2.30. The number of carbonyl (C=O) groups excluding carboxylic acids is 1. The zero-order valence-corrected chi connectivity index (χ0v) is 7.12. The molecule has 0 saturated carbocycles. The molecule has 0 amide bonds. The van der Waals surface area contributed by atoms with Crippen LogP contribution in [-0.4, -0.2) is 11.2 Å². The van der Waals surface area contributed by atoms with E-state index in [9.17, 15) is 4.79 Å². The Morgan fingerprint density at radius 2 is 1.56 bits per heavy atom. The van der Waals surface area contributed by atoms with Gasteiger partial charge in [-0.15, -0.1) is 11.6 Å². The molecule has 0 N–H and O–H groups in total. The third-order valence-electron chi connectivity index (χ3n) is 1.83. The summed E-state index contributed by atoms with van der Waals surface area (Å²) in [6.07, 6.45) is 0.889. The first-order valence-corrected chi connectivity index (χ1v) is 3.34. The molecule has 0 aliphatic rings. The molecule has 2 heteroatoms. The molecule has 0 fully saturated rings. The molecule has 9 heavy (non-hydrogen) atoms. The minimum Gasteiger partial charge on any atom is -0.303 e. The van der Waals surface area contributed by atoms with E-state index in [4.69, 9.17) is 11.6 Å². The van der Waals surface area contributed by atoms with Gasteiger partial charge in [0.15, 0.2) is 0 Å². The Labute approximate surface area is 61.4 Å². The maximum absolute atomic E-state index is 10.4. The molecule has 0 aliphatic carbocycles. The average Bonchev–Trinajstić information content (AvgIpc) is 1.64. The normalized spacial score (nSPS) is 13.4. The van der Waals surface area contributed by atoms with Gasteiger partial charge >= 0.3 is 0 Å². The van der Waals surface area contributed by atoms with Gasteiger partial charge in [0.1, 0.15) is 6.29 Å². The van der Waals surface area contributed by atoms with Gasteiger partial charge < -0.3 is 4.79 Å². The monoisotopic (exact) mass is 148 g/mol. The van der Waals surface area contributed by atoms with Crippen molar-refractivity contribution in [3.05, 3.63) is 0 Å². The van der Waals surface area contributed by atoms with Crippen LogP contribution in [0.2, 0.25) is 0 Å². The highest BCUT2D eigenvalue weighted by molar-refractivity contribution is 6.24. The summed E-state index contributed by atoms with van der Waals surface area (Å²) in [4.78, 5) is 9.94. The van der Waals surface area contributed by atoms with Gasteiger partial charge in [-0.3, -0.25) is 0 Å². The standard InChI is InChI=1S/C7H13ClO/c1-6(2,5-9)7(3,4)8/h5H,1-4H3. The number of alkyl halides is 1. The van der Waals surface area contributed by atoms with Crippen LogP contribution in [0, 0.1) is 5.41 Å². The van der Waals surface area contributed by atoms with Crippen LogP contribution in [0.1, 0.15) is 27.7 Å². The van der Waals surface area contributed by atoms with E-state index in [0.29, 0.717) is 0 Å². The molecule has 0 saturated heterocycles. The van der Waals surface area contributed by atoms with Crippen LogP contribution in [0.3, 0.4) is 0 Å². The van der Waals surface area contributed by atoms with E-state index in [1.54, 1.807) is 0 Å². The Bertz CT molecular complexity index is 111. The van der Waals surface area contributed by atoms with Crippen molar-refractivity contribution in [1.29, 1.82) is 0 Å². The molecule has 0 unspecified atom stereocenters. The third-order valence-corrected chi connectivity index (χ3v) is 2.31. The molecule has 54 valence electrons.